The van der Waals surface area contributed by atoms with Crippen molar-refractivity contribution >= 4 is 23.3 Å². The van der Waals surface area contributed by atoms with Gasteiger partial charge in [-0.2, -0.15) is 0 Å². The molecule has 0 spiro atoms. The van der Waals surface area contributed by atoms with Gasteiger partial charge in [0.1, 0.15) is 11.5 Å². The van der Waals surface area contributed by atoms with Crippen LogP contribution < -0.4 is 20.1 Å². The summed E-state index contributed by atoms with van der Waals surface area (Å²) in [5, 5.41) is 6.02. The van der Waals surface area contributed by atoms with Crippen molar-refractivity contribution in [3.8, 4) is 11.5 Å². The summed E-state index contributed by atoms with van der Waals surface area (Å²) in [6.07, 6.45) is 0.703. The number of aryl methyl sites for hydroxylation is 1. The number of hydrogen-bond acceptors (Lipinski definition) is 3. The first-order chi connectivity index (χ1) is 11.6. The summed E-state index contributed by atoms with van der Waals surface area (Å²) in [5.74, 6) is 1.42. The standard InChI is InChI=1S/C18H21ClN2O3/c1-13-6-3-4-7-16(13)24-11-5-10-20-18(22)21-15-12-14(19)8-9-17(15)23-2/h3-4,6-9,12H,5,10-11H2,1-2H3,(H2,20,21,22). The number of amides is 2. The van der Waals surface area contributed by atoms with Crippen molar-refractivity contribution in [2.24, 2.45) is 0 Å². The number of ether oxygens (including phenoxy) is 2. The van der Waals surface area contributed by atoms with E-state index in [0.717, 1.165) is 11.3 Å². The highest BCUT2D eigenvalue weighted by atomic mass is 35.5. The number of carbonyl (C=O) groups excluding carboxylic acids is 1. The monoisotopic (exact) mass is 348 g/mol. The predicted molar refractivity (Wildman–Crippen MR) is 96.3 cm³/mol. The average molecular weight is 349 g/mol. The molecule has 0 aliphatic rings. The Morgan fingerprint density at radius 2 is 1.96 bits per heavy atom. The van der Waals surface area contributed by atoms with E-state index in [0.29, 0.717) is 36.0 Å². The fraction of sp³-hybridized carbons (Fsp3) is 0.278. The van der Waals surface area contributed by atoms with Gasteiger partial charge in [-0.3, -0.25) is 0 Å². The van der Waals surface area contributed by atoms with Gasteiger partial charge >= 0.3 is 6.03 Å². The van der Waals surface area contributed by atoms with Gasteiger partial charge in [0.05, 0.1) is 19.4 Å². The molecule has 128 valence electrons. The molecule has 5 nitrogen and oxygen atoms in total. The minimum Gasteiger partial charge on any atom is -0.495 e. The first kappa shape index (κ1) is 17.9. The third kappa shape index (κ3) is 5.35. The summed E-state index contributed by atoms with van der Waals surface area (Å²) in [6.45, 7) is 3.03. The van der Waals surface area contributed by atoms with Gasteiger partial charge in [-0.05, 0) is 43.2 Å². The molecule has 6 heteroatoms. The van der Waals surface area contributed by atoms with Crippen molar-refractivity contribution in [3.63, 3.8) is 0 Å². The van der Waals surface area contributed by atoms with Crippen LogP contribution in [0.2, 0.25) is 5.02 Å². The molecule has 24 heavy (non-hydrogen) atoms. The number of para-hydroxylation sites is 1. The molecule has 0 aliphatic carbocycles. The Balaban J connectivity index is 1.72. The lowest BCUT2D eigenvalue weighted by Gasteiger charge is -2.12. The van der Waals surface area contributed by atoms with Crippen LogP contribution in [0.3, 0.4) is 0 Å². The molecular weight excluding hydrogens is 328 g/mol. The van der Waals surface area contributed by atoms with E-state index in [4.69, 9.17) is 21.1 Å². The van der Waals surface area contributed by atoms with Crippen LogP contribution in [0.4, 0.5) is 10.5 Å². The van der Waals surface area contributed by atoms with Crippen LogP contribution in [0.25, 0.3) is 0 Å². The van der Waals surface area contributed by atoms with Crippen molar-refractivity contribution in [3.05, 3.63) is 53.1 Å². The maximum Gasteiger partial charge on any atom is 0.319 e. The van der Waals surface area contributed by atoms with E-state index >= 15 is 0 Å². The molecule has 2 aromatic carbocycles. The second kappa shape index (κ2) is 9.03. The van der Waals surface area contributed by atoms with Gasteiger partial charge < -0.3 is 20.1 Å². The number of anilines is 1. The van der Waals surface area contributed by atoms with E-state index in [9.17, 15) is 4.79 Å². The molecule has 0 unspecified atom stereocenters. The van der Waals surface area contributed by atoms with Gasteiger partial charge in [0, 0.05) is 11.6 Å². The molecule has 2 N–H and O–H groups in total. The van der Waals surface area contributed by atoms with Gasteiger partial charge in [-0.15, -0.1) is 0 Å². The van der Waals surface area contributed by atoms with E-state index in [1.54, 1.807) is 18.2 Å². The first-order valence-corrected chi connectivity index (χ1v) is 8.05. The lowest BCUT2D eigenvalue weighted by molar-refractivity contribution is 0.250. The normalized spacial score (nSPS) is 10.1. The fourth-order valence-corrected chi connectivity index (χ4v) is 2.29. The Morgan fingerprint density at radius 1 is 1.17 bits per heavy atom. The number of benzene rings is 2. The largest absolute Gasteiger partial charge is 0.495 e. The van der Waals surface area contributed by atoms with E-state index in [1.165, 1.54) is 7.11 Å². The third-order valence-corrected chi connectivity index (χ3v) is 3.60. The Morgan fingerprint density at radius 3 is 2.71 bits per heavy atom. The number of carbonyl (C=O) groups is 1. The first-order valence-electron chi connectivity index (χ1n) is 7.67. The Labute approximate surface area is 146 Å². The maximum atomic E-state index is 11.9. The van der Waals surface area contributed by atoms with Crippen molar-refractivity contribution in [1.29, 1.82) is 0 Å². The van der Waals surface area contributed by atoms with Crippen LogP contribution in [0.15, 0.2) is 42.5 Å². The molecule has 2 amide bonds. The molecule has 0 aromatic heterocycles. The van der Waals surface area contributed by atoms with Crippen LogP contribution in [-0.4, -0.2) is 26.3 Å². The van der Waals surface area contributed by atoms with Gasteiger partial charge in [0.15, 0.2) is 0 Å². The molecule has 0 bridgehead atoms. The number of methoxy groups -OCH3 is 1. The van der Waals surface area contributed by atoms with Crippen molar-refractivity contribution in [2.45, 2.75) is 13.3 Å². The lowest BCUT2D eigenvalue weighted by Crippen LogP contribution is -2.30. The SMILES string of the molecule is COc1ccc(Cl)cc1NC(=O)NCCCOc1ccccc1C. The molecule has 0 aliphatic heterocycles. The summed E-state index contributed by atoms with van der Waals surface area (Å²) >= 11 is 5.93. The van der Waals surface area contributed by atoms with E-state index in [1.807, 2.05) is 31.2 Å². The Hall–Kier alpha value is -2.40. The summed E-state index contributed by atoms with van der Waals surface area (Å²) in [6, 6.07) is 12.6. The third-order valence-electron chi connectivity index (χ3n) is 3.37. The number of halogens is 1. The predicted octanol–water partition coefficient (Wildman–Crippen LogP) is 4.25. The molecular formula is C18H21ClN2O3. The zero-order chi connectivity index (χ0) is 17.4. The van der Waals surface area contributed by atoms with Gasteiger partial charge in [-0.1, -0.05) is 29.8 Å². The molecule has 2 aromatic rings. The van der Waals surface area contributed by atoms with E-state index in [2.05, 4.69) is 10.6 Å². The number of rotatable bonds is 7. The molecule has 0 fully saturated rings. The average Bonchev–Trinajstić information content (AvgIpc) is 2.56. The van der Waals surface area contributed by atoms with Crippen molar-refractivity contribution in [2.75, 3.05) is 25.6 Å². The zero-order valence-electron chi connectivity index (χ0n) is 13.8. The molecule has 0 saturated carbocycles. The Bertz CT molecular complexity index is 692. The van der Waals surface area contributed by atoms with Gasteiger partial charge in [0.2, 0.25) is 0 Å². The highest BCUT2D eigenvalue weighted by molar-refractivity contribution is 6.31. The maximum absolute atomic E-state index is 11.9. The van der Waals surface area contributed by atoms with Crippen molar-refractivity contribution < 1.29 is 14.3 Å². The van der Waals surface area contributed by atoms with Crippen molar-refractivity contribution in [1.82, 2.24) is 5.32 Å². The molecule has 0 saturated heterocycles. The molecule has 2 rings (SSSR count). The summed E-state index contributed by atoms with van der Waals surface area (Å²) < 4.78 is 10.9. The Kier molecular flexibility index (Phi) is 6.75. The van der Waals surface area contributed by atoms with Crippen LogP contribution in [0.5, 0.6) is 11.5 Å². The second-order valence-electron chi connectivity index (χ2n) is 5.19. The highest BCUT2D eigenvalue weighted by Gasteiger charge is 2.07. The topological polar surface area (TPSA) is 59.6 Å². The summed E-state index contributed by atoms with van der Waals surface area (Å²) in [7, 11) is 1.54. The number of nitrogens with one attached hydrogen (secondary N) is 2. The van der Waals surface area contributed by atoms with Gasteiger partial charge in [-0.25, -0.2) is 4.79 Å². The minimum absolute atomic E-state index is 0.313. The van der Waals surface area contributed by atoms with Crippen LogP contribution in [0, 0.1) is 6.92 Å². The minimum atomic E-state index is -0.313. The number of hydrogen-bond donors (Lipinski definition) is 2. The quantitative estimate of drug-likeness (QED) is 0.735. The van der Waals surface area contributed by atoms with Crippen LogP contribution in [0.1, 0.15) is 12.0 Å². The molecule has 0 atom stereocenters. The summed E-state index contributed by atoms with van der Waals surface area (Å²) in [5.41, 5.74) is 1.62. The lowest BCUT2D eigenvalue weighted by atomic mass is 10.2. The summed E-state index contributed by atoms with van der Waals surface area (Å²) in [4.78, 5) is 11.9. The zero-order valence-corrected chi connectivity index (χ0v) is 14.5. The number of urea groups is 1. The molecule has 0 heterocycles. The van der Waals surface area contributed by atoms with Gasteiger partial charge in [0.25, 0.3) is 0 Å². The van der Waals surface area contributed by atoms with E-state index < -0.39 is 0 Å². The fourth-order valence-electron chi connectivity index (χ4n) is 2.12. The van der Waals surface area contributed by atoms with E-state index in [-0.39, 0.29) is 6.03 Å². The second-order valence-corrected chi connectivity index (χ2v) is 5.63. The smallest absolute Gasteiger partial charge is 0.319 e. The highest BCUT2D eigenvalue weighted by Crippen LogP contribution is 2.27. The van der Waals surface area contributed by atoms with Crippen LogP contribution >= 0.6 is 11.6 Å². The molecule has 0 radical (unpaired) electrons. The van der Waals surface area contributed by atoms with Crippen LogP contribution in [-0.2, 0) is 0 Å².